The lowest BCUT2D eigenvalue weighted by Gasteiger charge is -2.49. The van der Waals surface area contributed by atoms with E-state index in [9.17, 15) is 0 Å². The topological polar surface area (TPSA) is 17.8 Å². The van der Waals surface area contributed by atoms with Crippen LogP contribution in [0.25, 0.3) is 83.0 Å². The molecule has 3 aliphatic carbocycles. The van der Waals surface area contributed by atoms with Gasteiger partial charge in [-0.3, -0.25) is 4.57 Å². The highest BCUT2D eigenvalue weighted by Gasteiger charge is 2.59. The van der Waals surface area contributed by atoms with Gasteiger partial charge in [0.1, 0.15) is 5.82 Å². The number of aromatic nitrogens is 2. The summed E-state index contributed by atoms with van der Waals surface area (Å²) in [5.74, 6) is 0.888. The van der Waals surface area contributed by atoms with Gasteiger partial charge in [0.2, 0.25) is 0 Å². The summed E-state index contributed by atoms with van der Waals surface area (Å²) in [4.78, 5) is 5.65. The van der Waals surface area contributed by atoms with Crippen molar-refractivity contribution in [3.8, 4) is 50.5 Å². The molecule has 2 aromatic heterocycles. The maximum atomic E-state index is 5.65. The molecule has 0 N–H and O–H groups in total. The van der Waals surface area contributed by atoms with Crippen LogP contribution in [0, 0.1) is 0 Å². The molecule has 0 fully saturated rings. The largest absolute Gasteiger partial charge is 0.294 e. The zero-order valence-electron chi connectivity index (χ0n) is 36.5. The number of fused-ring (bicyclic) bond motifs is 21. The van der Waals surface area contributed by atoms with E-state index in [4.69, 9.17) is 4.98 Å². The molecule has 0 saturated heterocycles. The normalized spacial score (nSPS) is 14.2. The number of benzene rings is 10. The fourth-order valence-corrected chi connectivity index (χ4v) is 12.9. The van der Waals surface area contributed by atoms with E-state index >= 15 is 0 Å². The zero-order valence-corrected chi connectivity index (χ0v) is 36.5. The molecule has 2 heterocycles. The summed E-state index contributed by atoms with van der Waals surface area (Å²) >= 11 is 0. The molecule has 0 amide bonds. The molecule has 0 atom stereocenters. The third kappa shape index (κ3) is 4.66. The first kappa shape index (κ1) is 36.7. The van der Waals surface area contributed by atoms with Crippen molar-refractivity contribution in [1.29, 1.82) is 0 Å². The molecule has 2 nitrogen and oxygen atoms in total. The highest BCUT2D eigenvalue weighted by molar-refractivity contribution is 6.22. The van der Waals surface area contributed by atoms with Gasteiger partial charge >= 0.3 is 0 Å². The van der Waals surface area contributed by atoms with Crippen LogP contribution in [-0.4, -0.2) is 9.55 Å². The molecule has 12 aromatic rings. The van der Waals surface area contributed by atoms with E-state index in [1.807, 2.05) is 0 Å². The van der Waals surface area contributed by atoms with E-state index in [0.717, 1.165) is 39.2 Å². The van der Waals surface area contributed by atoms with Gasteiger partial charge in [-0.15, -0.1) is 0 Å². The van der Waals surface area contributed by atoms with Gasteiger partial charge in [-0.05, 0) is 119 Å². The van der Waals surface area contributed by atoms with E-state index in [0.29, 0.717) is 0 Å². The van der Waals surface area contributed by atoms with Gasteiger partial charge in [0.05, 0.1) is 27.6 Å². The first-order valence-corrected chi connectivity index (χ1v) is 23.4. The smallest absolute Gasteiger partial charge is 0.138 e. The fourth-order valence-electron chi connectivity index (χ4n) is 12.9. The van der Waals surface area contributed by atoms with Crippen molar-refractivity contribution in [3.05, 3.63) is 287 Å². The molecule has 0 bridgehead atoms. The lowest BCUT2D eigenvalue weighted by atomic mass is 9.52. The number of hydrogen-bond donors (Lipinski definition) is 0. The van der Waals surface area contributed by atoms with Gasteiger partial charge in [0, 0.05) is 16.3 Å². The Kier molecular flexibility index (Phi) is 7.39. The highest BCUT2D eigenvalue weighted by atomic mass is 15.1. The van der Waals surface area contributed by atoms with Crippen LogP contribution in [0.15, 0.2) is 243 Å². The molecule has 0 unspecified atom stereocenters. The Hall–Kier alpha value is -8.59. The van der Waals surface area contributed by atoms with E-state index in [1.165, 1.54) is 88.3 Å². The van der Waals surface area contributed by atoms with Gasteiger partial charge in [-0.1, -0.05) is 212 Å². The Morgan fingerprint density at radius 3 is 1.33 bits per heavy atom. The second kappa shape index (κ2) is 13.5. The van der Waals surface area contributed by atoms with Gasteiger partial charge in [0.25, 0.3) is 0 Å². The third-order valence-electron chi connectivity index (χ3n) is 15.5. The Labute approximate surface area is 388 Å². The van der Waals surface area contributed by atoms with Crippen molar-refractivity contribution >= 4 is 32.6 Å². The first-order valence-electron chi connectivity index (χ1n) is 23.4. The van der Waals surface area contributed by atoms with Crippen LogP contribution >= 0.6 is 0 Å². The second-order valence-electron chi connectivity index (χ2n) is 18.5. The molecule has 67 heavy (non-hydrogen) atoms. The average Bonchev–Trinajstić information content (AvgIpc) is 4.01. The minimum atomic E-state index is -0.622. The molecule has 10 aromatic carbocycles. The van der Waals surface area contributed by atoms with Crippen molar-refractivity contribution < 1.29 is 0 Å². The number of hydrogen-bond acceptors (Lipinski definition) is 1. The number of nitrogens with zero attached hydrogens (tertiary/aromatic N) is 2. The molecule has 3 aliphatic rings. The van der Waals surface area contributed by atoms with Crippen molar-refractivity contribution in [2.45, 2.75) is 10.8 Å². The molecular weight excluding hydrogens is 809 g/mol. The molecule has 2 spiro atoms. The molecule has 0 saturated carbocycles. The van der Waals surface area contributed by atoms with E-state index in [1.54, 1.807) is 0 Å². The third-order valence-corrected chi connectivity index (χ3v) is 15.5. The van der Waals surface area contributed by atoms with Crippen LogP contribution in [0.5, 0.6) is 0 Å². The Balaban J connectivity index is 1.18. The summed E-state index contributed by atoms with van der Waals surface area (Å²) in [6, 6.07) is 90.8. The average molecular weight is 849 g/mol. The molecule has 2 heteroatoms. The molecule has 0 aliphatic heterocycles. The van der Waals surface area contributed by atoms with Gasteiger partial charge < -0.3 is 0 Å². The van der Waals surface area contributed by atoms with Crippen LogP contribution in [-0.2, 0) is 10.8 Å². The predicted molar refractivity (Wildman–Crippen MR) is 275 cm³/mol. The summed E-state index contributed by atoms with van der Waals surface area (Å²) in [7, 11) is 0. The van der Waals surface area contributed by atoms with Crippen LogP contribution in [0.1, 0.15) is 44.5 Å². The quantitative estimate of drug-likeness (QED) is 0.173. The van der Waals surface area contributed by atoms with Crippen LogP contribution in [0.3, 0.4) is 0 Å². The summed E-state index contributed by atoms with van der Waals surface area (Å²) in [5, 5.41) is 4.90. The van der Waals surface area contributed by atoms with Crippen molar-refractivity contribution in [1.82, 2.24) is 9.55 Å². The van der Waals surface area contributed by atoms with Crippen molar-refractivity contribution in [2.75, 3.05) is 0 Å². The van der Waals surface area contributed by atoms with Gasteiger partial charge in [-0.25, -0.2) is 4.98 Å². The van der Waals surface area contributed by atoms with E-state index in [2.05, 4.69) is 247 Å². The summed E-state index contributed by atoms with van der Waals surface area (Å²) in [5.41, 5.74) is 21.1. The summed E-state index contributed by atoms with van der Waals surface area (Å²) in [6.45, 7) is 0. The minimum absolute atomic E-state index is 0.601. The predicted octanol–water partition coefficient (Wildman–Crippen LogP) is 15.7. The van der Waals surface area contributed by atoms with Crippen LogP contribution in [0.4, 0.5) is 0 Å². The highest BCUT2D eigenvalue weighted by Crippen LogP contribution is 2.68. The lowest BCUT2D eigenvalue weighted by molar-refractivity contribution is 0.634. The summed E-state index contributed by atoms with van der Waals surface area (Å²) < 4.78 is 2.47. The van der Waals surface area contributed by atoms with Crippen molar-refractivity contribution in [2.24, 2.45) is 0 Å². The maximum absolute atomic E-state index is 5.65. The maximum Gasteiger partial charge on any atom is 0.138 e. The molecule has 0 radical (unpaired) electrons. The fraction of sp³-hybridized carbons (Fsp3) is 0.0308. The van der Waals surface area contributed by atoms with E-state index < -0.39 is 10.8 Å². The zero-order chi connectivity index (χ0) is 43.8. The van der Waals surface area contributed by atoms with Gasteiger partial charge in [0.15, 0.2) is 0 Å². The Morgan fingerprint density at radius 2 is 0.761 bits per heavy atom. The SMILES string of the molecule is c1ccc(-c2cc(-c3ccccc3)nc(-n3c4cc5c(cc4c4c6ccccc6ccc43)C3(c4ccccc4-c4ccccc43)c3ccccc3C53c4ccccc4-c4ccccc43)c2)cc1. The van der Waals surface area contributed by atoms with E-state index in [-0.39, 0.29) is 0 Å². The Bertz CT molecular complexity index is 3900. The monoisotopic (exact) mass is 848 g/mol. The molecular formula is C65H40N2. The second-order valence-corrected chi connectivity index (χ2v) is 18.5. The first-order chi connectivity index (χ1) is 33.2. The minimum Gasteiger partial charge on any atom is -0.294 e. The van der Waals surface area contributed by atoms with Crippen LogP contribution < -0.4 is 0 Å². The molecule has 310 valence electrons. The van der Waals surface area contributed by atoms with Crippen molar-refractivity contribution in [3.63, 3.8) is 0 Å². The lowest BCUT2D eigenvalue weighted by Crippen LogP contribution is -2.43. The number of pyridine rings is 1. The number of rotatable bonds is 3. The van der Waals surface area contributed by atoms with Gasteiger partial charge in [-0.2, -0.15) is 0 Å². The van der Waals surface area contributed by atoms with Crippen LogP contribution in [0.2, 0.25) is 0 Å². The molecule has 15 rings (SSSR count). The summed E-state index contributed by atoms with van der Waals surface area (Å²) in [6.07, 6.45) is 0. The standard InChI is InChI=1S/C65H40N2/c1-3-19-41(20-4-1)44-37-59(43-22-5-2-6-23-43)66-62(38-44)67-60-36-35-42-21-7-8-24-45(42)63(60)50-39-57-58(40-61(50)67)65(53-31-15-11-27-48(53)49-28-12-16-32-54(49)65)56-34-18-17-33-55(56)64(57)51-29-13-9-25-46(51)47-26-10-14-30-52(47)64/h1-40H. The Morgan fingerprint density at radius 1 is 0.299 bits per heavy atom.